The Morgan fingerprint density at radius 3 is 2.75 bits per heavy atom. The van der Waals surface area contributed by atoms with Crippen LogP contribution in [0.3, 0.4) is 0 Å². The van der Waals surface area contributed by atoms with E-state index in [1.165, 1.54) is 25.8 Å². The summed E-state index contributed by atoms with van der Waals surface area (Å²) in [4.78, 5) is 17.6. The molecule has 0 aliphatic carbocycles. The first-order chi connectivity index (χ1) is 9.75. The van der Waals surface area contributed by atoms with E-state index in [4.69, 9.17) is 4.74 Å². The summed E-state index contributed by atoms with van der Waals surface area (Å²) in [5.41, 5.74) is -0.567. The van der Waals surface area contributed by atoms with Crippen LogP contribution < -0.4 is 5.32 Å². The monoisotopic (exact) mass is 281 g/mol. The molecule has 3 aliphatic heterocycles. The number of ether oxygens (including phenoxy) is 1. The molecule has 0 aromatic heterocycles. The lowest BCUT2D eigenvalue weighted by atomic mass is 9.89. The zero-order valence-corrected chi connectivity index (χ0v) is 12.6. The number of carbonyl (C=O) groups is 1. The third kappa shape index (κ3) is 2.59. The lowest BCUT2D eigenvalue weighted by Crippen LogP contribution is -2.62. The molecule has 3 saturated heterocycles. The number of piperidine rings is 2. The van der Waals surface area contributed by atoms with Gasteiger partial charge in [-0.2, -0.15) is 0 Å². The fourth-order valence-electron chi connectivity index (χ4n) is 3.96. The van der Waals surface area contributed by atoms with Crippen molar-refractivity contribution >= 4 is 5.91 Å². The second-order valence-corrected chi connectivity index (χ2v) is 6.39. The Kier molecular flexibility index (Phi) is 4.29. The van der Waals surface area contributed by atoms with Crippen LogP contribution in [0.5, 0.6) is 0 Å². The van der Waals surface area contributed by atoms with Crippen molar-refractivity contribution in [3.63, 3.8) is 0 Å². The number of piperazine rings is 1. The number of nitrogens with one attached hydrogen (secondary N) is 1. The first-order valence-corrected chi connectivity index (χ1v) is 8.04. The van der Waals surface area contributed by atoms with E-state index >= 15 is 0 Å². The molecule has 1 atom stereocenters. The molecule has 20 heavy (non-hydrogen) atoms. The molecule has 3 aliphatic rings. The molecule has 0 aromatic rings. The van der Waals surface area contributed by atoms with Crippen molar-refractivity contribution in [2.45, 2.75) is 43.7 Å². The van der Waals surface area contributed by atoms with Crippen molar-refractivity contribution in [2.75, 3.05) is 46.4 Å². The SMILES string of the molecule is COC1(C(=O)N2CCN3CCCCC3C2)CCNCC1. The van der Waals surface area contributed by atoms with Crippen molar-refractivity contribution in [3.8, 4) is 0 Å². The molecule has 1 amide bonds. The largest absolute Gasteiger partial charge is 0.368 e. The van der Waals surface area contributed by atoms with Gasteiger partial charge in [0.1, 0.15) is 5.60 Å². The van der Waals surface area contributed by atoms with Crippen LogP contribution in [0.4, 0.5) is 0 Å². The molecule has 3 rings (SSSR count). The van der Waals surface area contributed by atoms with Gasteiger partial charge in [-0.3, -0.25) is 9.69 Å². The number of amides is 1. The third-order valence-electron chi connectivity index (χ3n) is 5.32. The molecule has 0 aromatic carbocycles. The summed E-state index contributed by atoms with van der Waals surface area (Å²) in [6.07, 6.45) is 5.46. The van der Waals surface area contributed by atoms with E-state index in [0.29, 0.717) is 6.04 Å². The number of methoxy groups -OCH3 is 1. The molecule has 114 valence electrons. The van der Waals surface area contributed by atoms with Gasteiger partial charge in [0.25, 0.3) is 5.91 Å². The summed E-state index contributed by atoms with van der Waals surface area (Å²) < 4.78 is 5.69. The molecule has 3 fully saturated rings. The van der Waals surface area contributed by atoms with Gasteiger partial charge in [0.05, 0.1) is 0 Å². The zero-order valence-electron chi connectivity index (χ0n) is 12.6. The minimum absolute atomic E-state index is 0.228. The molecule has 5 nitrogen and oxygen atoms in total. The lowest BCUT2D eigenvalue weighted by Gasteiger charge is -2.47. The minimum atomic E-state index is -0.567. The topological polar surface area (TPSA) is 44.8 Å². The number of nitrogens with zero attached hydrogens (tertiary/aromatic N) is 2. The van der Waals surface area contributed by atoms with Gasteiger partial charge in [0.15, 0.2) is 0 Å². The van der Waals surface area contributed by atoms with Crippen molar-refractivity contribution < 1.29 is 9.53 Å². The van der Waals surface area contributed by atoms with Crippen LogP contribution in [0.25, 0.3) is 0 Å². The second-order valence-electron chi connectivity index (χ2n) is 6.39. The van der Waals surface area contributed by atoms with E-state index in [-0.39, 0.29) is 5.91 Å². The molecular formula is C15H27N3O2. The smallest absolute Gasteiger partial charge is 0.255 e. The summed E-state index contributed by atoms with van der Waals surface area (Å²) in [5.74, 6) is 0.228. The molecule has 0 radical (unpaired) electrons. The number of fused-ring (bicyclic) bond motifs is 1. The maximum atomic E-state index is 12.9. The van der Waals surface area contributed by atoms with Gasteiger partial charge in [0.2, 0.25) is 0 Å². The van der Waals surface area contributed by atoms with Gasteiger partial charge in [-0.1, -0.05) is 6.42 Å². The maximum absolute atomic E-state index is 12.9. The molecule has 5 heteroatoms. The molecule has 0 saturated carbocycles. The number of rotatable bonds is 2. The van der Waals surface area contributed by atoms with Crippen LogP contribution in [0.1, 0.15) is 32.1 Å². The lowest BCUT2D eigenvalue weighted by molar-refractivity contribution is -0.161. The van der Waals surface area contributed by atoms with Gasteiger partial charge < -0.3 is 15.0 Å². The van der Waals surface area contributed by atoms with E-state index in [1.807, 2.05) is 0 Å². The first-order valence-electron chi connectivity index (χ1n) is 8.04. The van der Waals surface area contributed by atoms with Gasteiger partial charge in [-0.15, -0.1) is 0 Å². The van der Waals surface area contributed by atoms with Gasteiger partial charge >= 0.3 is 0 Å². The average Bonchev–Trinajstić information content (AvgIpc) is 2.54. The fourth-order valence-corrected chi connectivity index (χ4v) is 3.96. The Hall–Kier alpha value is -0.650. The maximum Gasteiger partial charge on any atom is 0.255 e. The highest BCUT2D eigenvalue weighted by atomic mass is 16.5. The van der Waals surface area contributed by atoms with E-state index in [1.54, 1.807) is 7.11 Å². The van der Waals surface area contributed by atoms with Crippen LogP contribution in [0, 0.1) is 0 Å². The summed E-state index contributed by atoms with van der Waals surface area (Å²) in [7, 11) is 1.69. The first kappa shape index (κ1) is 14.3. The Bertz CT molecular complexity index is 355. The van der Waals surface area contributed by atoms with Crippen LogP contribution in [-0.2, 0) is 9.53 Å². The Labute approximate surface area is 121 Å². The predicted octanol–water partition coefficient (Wildman–Crippen LogP) is 0.452. The Balaban J connectivity index is 1.67. The van der Waals surface area contributed by atoms with Crippen LogP contribution in [-0.4, -0.2) is 73.7 Å². The third-order valence-corrected chi connectivity index (χ3v) is 5.32. The normalized spacial score (nSPS) is 30.9. The van der Waals surface area contributed by atoms with Crippen molar-refractivity contribution in [1.82, 2.24) is 15.1 Å². The zero-order chi connectivity index (χ0) is 14.0. The standard InChI is InChI=1S/C15H27N3O2/c1-20-15(5-7-16-8-6-15)14(19)18-11-10-17-9-3-2-4-13(17)12-18/h13,16H,2-12H2,1H3. The van der Waals surface area contributed by atoms with Crippen molar-refractivity contribution in [3.05, 3.63) is 0 Å². The molecule has 0 bridgehead atoms. The van der Waals surface area contributed by atoms with Crippen molar-refractivity contribution in [1.29, 1.82) is 0 Å². The van der Waals surface area contributed by atoms with Crippen molar-refractivity contribution in [2.24, 2.45) is 0 Å². The van der Waals surface area contributed by atoms with E-state index in [9.17, 15) is 4.79 Å². The molecule has 1 unspecified atom stereocenters. The predicted molar refractivity (Wildman–Crippen MR) is 77.6 cm³/mol. The summed E-state index contributed by atoms with van der Waals surface area (Å²) >= 11 is 0. The van der Waals surface area contributed by atoms with Gasteiger partial charge in [0, 0.05) is 32.8 Å². The fraction of sp³-hybridized carbons (Fsp3) is 0.933. The Morgan fingerprint density at radius 2 is 2.00 bits per heavy atom. The number of hydrogen-bond acceptors (Lipinski definition) is 4. The highest BCUT2D eigenvalue weighted by molar-refractivity contribution is 5.85. The molecule has 0 spiro atoms. The van der Waals surface area contributed by atoms with Gasteiger partial charge in [-0.05, 0) is 45.3 Å². The molecule has 3 heterocycles. The highest BCUT2D eigenvalue weighted by Gasteiger charge is 2.44. The average molecular weight is 281 g/mol. The number of hydrogen-bond donors (Lipinski definition) is 1. The summed E-state index contributed by atoms with van der Waals surface area (Å²) in [6, 6.07) is 0.581. The van der Waals surface area contributed by atoms with Crippen LogP contribution in [0.2, 0.25) is 0 Å². The minimum Gasteiger partial charge on any atom is -0.368 e. The highest BCUT2D eigenvalue weighted by Crippen LogP contribution is 2.28. The van der Waals surface area contributed by atoms with E-state index in [2.05, 4.69) is 15.1 Å². The number of carbonyl (C=O) groups excluding carboxylic acids is 1. The Morgan fingerprint density at radius 1 is 1.20 bits per heavy atom. The summed E-state index contributed by atoms with van der Waals surface area (Å²) in [6.45, 7) is 5.78. The van der Waals surface area contributed by atoms with E-state index < -0.39 is 5.60 Å². The molecule has 1 N–H and O–H groups in total. The van der Waals surface area contributed by atoms with Crippen LogP contribution >= 0.6 is 0 Å². The summed E-state index contributed by atoms with van der Waals surface area (Å²) in [5, 5.41) is 3.32. The second kappa shape index (κ2) is 6.00. The van der Waals surface area contributed by atoms with E-state index in [0.717, 1.165) is 45.6 Å². The van der Waals surface area contributed by atoms with Crippen LogP contribution in [0.15, 0.2) is 0 Å². The quantitative estimate of drug-likeness (QED) is 0.798. The van der Waals surface area contributed by atoms with Gasteiger partial charge in [-0.25, -0.2) is 0 Å². The molecular weight excluding hydrogens is 254 g/mol.